The van der Waals surface area contributed by atoms with E-state index >= 15 is 0 Å². The number of nitrogens with two attached hydrogens (primary N) is 1. The van der Waals surface area contributed by atoms with Crippen LogP contribution in [0.15, 0.2) is 22.1 Å². The summed E-state index contributed by atoms with van der Waals surface area (Å²) < 4.78 is 36.3. The van der Waals surface area contributed by atoms with Gasteiger partial charge in [0.25, 0.3) is 0 Å². The predicted octanol–water partition coefficient (Wildman–Crippen LogP) is 4.96. The molecule has 0 radical (unpaired) electrons. The van der Waals surface area contributed by atoms with Gasteiger partial charge >= 0.3 is 6.18 Å². The smallest absolute Gasteiger partial charge is 0.327 e. The topological polar surface area (TPSA) is 50.7 Å². The maximum Gasteiger partial charge on any atom is 0.392 e. The zero-order chi connectivity index (χ0) is 18.6. The summed E-state index contributed by atoms with van der Waals surface area (Å²) in [6.07, 6.45) is 3.56. The number of aliphatic imine (C=N–C) groups is 2. The first kappa shape index (κ1) is 22.8. The number of nitrogens with zero attached hydrogens (tertiary/aromatic N) is 2. The Morgan fingerprint density at radius 3 is 2.38 bits per heavy atom. The van der Waals surface area contributed by atoms with Gasteiger partial charge in [0.1, 0.15) is 0 Å². The molecule has 0 rings (SSSR count). The third-order valence-electron chi connectivity index (χ3n) is 4.09. The molecular formula is C18H32F3N3. The van der Waals surface area contributed by atoms with Crippen molar-refractivity contribution < 1.29 is 13.2 Å². The molecule has 0 aromatic heterocycles. The fourth-order valence-electron chi connectivity index (χ4n) is 2.68. The Hall–Kier alpha value is -1.17. The number of alkyl halides is 3. The van der Waals surface area contributed by atoms with E-state index in [9.17, 15) is 13.2 Å². The lowest BCUT2D eigenvalue weighted by atomic mass is 9.89. The second-order valence-corrected chi connectivity index (χ2v) is 6.08. The monoisotopic (exact) mass is 347 g/mol. The average Bonchev–Trinajstić information content (AvgIpc) is 2.50. The highest BCUT2D eigenvalue weighted by Crippen LogP contribution is 2.21. The third-order valence-corrected chi connectivity index (χ3v) is 4.09. The maximum absolute atomic E-state index is 12.1. The van der Waals surface area contributed by atoms with Crippen LogP contribution in [0.5, 0.6) is 0 Å². The molecule has 6 heteroatoms. The van der Waals surface area contributed by atoms with Crippen molar-refractivity contribution in [3.05, 3.63) is 12.2 Å². The van der Waals surface area contributed by atoms with E-state index in [1.165, 1.54) is 6.08 Å². The second kappa shape index (κ2) is 12.2. The summed E-state index contributed by atoms with van der Waals surface area (Å²) in [5.41, 5.74) is 7.28. The lowest BCUT2D eigenvalue weighted by Gasteiger charge is -2.25. The van der Waals surface area contributed by atoms with Crippen molar-refractivity contribution in [1.29, 1.82) is 0 Å². The molecule has 0 aromatic carbocycles. The first-order valence-corrected chi connectivity index (χ1v) is 8.68. The summed E-state index contributed by atoms with van der Waals surface area (Å²) in [7, 11) is 1.79. The Morgan fingerprint density at radius 1 is 1.21 bits per heavy atom. The van der Waals surface area contributed by atoms with Gasteiger partial charge < -0.3 is 5.73 Å². The van der Waals surface area contributed by atoms with E-state index in [1.807, 2.05) is 20.1 Å². The molecule has 24 heavy (non-hydrogen) atoms. The molecule has 0 unspecified atom stereocenters. The molecule has 0 saturated heterocycles. The normalized spacial score (nSPS) is 17.6. The zero-order valence-electron chi connectivity index (χ0n) is 15.3. The molecule has 140 valence electrons. The van der Waals surface area contributed by atoms with Crippen LogP contribution in [0.1, 0.15) is 59.3 Å². The molecular weight excluding hydrogens is 315 g/mol. The van der Waals surface area contributed by atoms with E-state index in [0.29, 0.717) is 6.42 Å². The van der Waals surface area contributed by atoms with Crippen molar-refractivity contribution in [3.63, 3.8) is 0 Å². The Kier molecular flexibility index (Phi) is 11.6. The van der Waals surface area contributed by atoms with Crippen molar-refractivity contribution in [2.24, 2.45) is 21.6 Å². The molecule has 3 nitrogen and oxygen atoms in total. The van der Waals surface area contributed by atoms with Gasteiger partial charge in [-0.2, -0.15) is 13.2 Å². The first-order chi connectivity index (χ1) is 11.2. The first-order valence-electron chi connectivity index (χ1n) is 8.68. The number of allylic oxidation sites excluding steroid dienone is 1. The molecule has 2 N–H and O–H groups in total. The van der Waals surface area contributed by atoms with Gasteiger partial charge in [-0.05, 0) is 32.1 Å². The highest BCUT2D eigenvalue weighted by Gasteiger charge is 2.25. The van der Waals surface area contributed by atoms with Gasteiger partial charge in [0.05, 0.1) is 12.5 Å². The highest BCUT2D eigenvalue weighted by molar-refractivity contribution is 5.95. The molecule has 0 bridgehead atoms. The Labute approximate surface area is 144 Å². The number of hydrogen-bond acceptors (Lipinski definition) is 3. The minimum atomic E-state index is -4.15. The Balaban J connectivity index is 4.48. The van der Waals surface area contributed by atoms with Crippen LogP contribution in [0.2, 0.25) is 0 Å². The molecule has 0 aliphatic heterocycles. The van der Waals surface area contributed by atoms with Crippen LogP contribution in [0.25, 0.3) is 0 Å². The number of halogens is 3. The second-order valence-electron chi connectivity index (χ2n) is 6.08. The molecule has 0 amide bonds. The van der Waals surface area contributed by atoms with Gasteiger partial charge in [-0.15, -0.1) is 0 Å². The molecule has 0 aliphatic carbocycles. The lowest BCUT2D eigenvalue weighted by Crippen LogP contribution is -2.35. The molecule has 0 heterocycles. The van der Waals surface area contributed by atoms with Crippen LogP contribution in [-0.4, -0.2) is 37.2 Å². The Bertz CT molecular complexity index is 414. The van der Waals surface area contributed by atoms with E-state index in [0.717, 1.165) is 37.5 Å². The van der Waals surface area contributed by atoms with E-state index in [2.05, 4.69) is 16.9 Å². The Morgan fingerprint density at radius 2 is 1.88 bits per heavy atom. The highest BCUT2D eigenvalue weighted by atomic mass is 19.4. The summed E-state index contributed by atoms with van der Waals surface area (Å²) in [5, 5.41) is 0. The van der Waals surface area contributed by atoms with Gasteiger partial charge in [0.2, 0.25) is 0 Å². The molecule has 0 spiro atoms. The summed E-state index contributed by atoms with van der Waals surface area (Å²) in [6.45, 7) is 6.15. The van der Waals surface area contributed by atoms with Crippen molar-refractivity contribution in [1.82, 2.24) is 0 Å². The third kappa shape index (κ3) is 10.6. The van der Waals surface area contributed by atoms with Crippen LogP contribution < -0.4 is 5.73 Å². The molecule has 3 atom stereocenters. The van der Waals surface area contributed by atoms with Crippen molar-refractivity contribution in [2.45, 2.75) is 77.6 Å². The van der Waals surface area contributed by atoms with Crippen LogP contribution >= 0.6 is 0 Å². The quantitative estimate of drug-likeness (QED) is 0.417. The summed E-state index contributed by atoms with van der Waals surface area (Å²) in [5.74, 6) is 0.143. The van der Waals surface area contributed by atoms with Crippen LogP contribution in [0.3, 0.4) is 0 Å². The van der Waals surface area contributed by atoms with Crippen molar-refractivity contribution >= 4 is 11.9 Å². The predicted molar refractivity (Wildman–Crippen MR) is 97.0 cm³/mol. The van der Waals surface area contributed by atoms with Gasteiger partial charge in [-0.25, -0.2) is 0 Å². The molecule has 0 aromatic rings. The summed E-state index contributed by atoms with van der Waals surface area (Å²) >= 11 is 0. The van der Waals surface area contributed by atoms with E-state index < -0.39 is 12.6 Å². The van der Waals surface area contributed by atoms with Gasteiger partial charge in [0.15, 0.2) is 0 Å². The average molecular weight is 347 g/mol. The fourth-order valence-corrected chi connectivity index (χ4v) is 2.68. The lowest BCUT2D eigenvalue weighted by molar-refractivity contribution is -0.125. The molecule has 0 aliphatic rings. The fraction of sp³-hybridized carbons (Fsp3) is 0.778. The van der Waals surface area contributed by atoms with E-state index in [4.69, 9.17) is 5.73 Å². The SMILES string of the molecule is CCCC(CC=N[C@@H](C)[C@@H](CC)[C@@H](N)C/C=C/CC(F)(F)F)=NC. The van der Waals surface area contributed by atoms with Gasteiger partial charge in [0, 0.05) is 31.4 Å². The minimum Gasteiger partial charge on any atom is -0.327 e. The van der Waals surface area contributed by atoms with Crippen LogP contribution in [0.4, 0.5) is 13.2 Å². The number of hydrogen-bond donors (Lipinski definition) is 1. The van der Waals surface area contributed by atoms with E-state index in [1.54, 1.807) is 7.05 Å². The van der Waals surface area contributed by atoms with Crippen molar-refractivity contribution in [3.8, 4) is 0 Å². The largest absolute Gasteiger partial charge is 0.392 e. The molecule has 0 fully saturated rings. The zero-order valence-corrected chi connectivity index (χ0v) is 15.3. The van der Waals surface area contributed by atoms with E-state index in [-0.39, 0.29) is 18.0 Å². The van der Waals surface area contributed by atoms with Crippen molar-refractivity contribution in [2.75, 3.05) is 7.05 Å². The maximum atomic E-state index is 12.1. The summed E-state index contributed by atoms with van der Waals surface area (Å²) in [4.78, 5) is 8.81. The van der Waals surface area contributed by atoms with Gasteiger partial charge in [-0.3, -0.25) is 9.98 Å². The minimum absolute atomic E-state index is 0.0424. The van der Waals surface area contributed by atoms with Crippen LogP contribution in [-0.2, 0) is 0 Å². The standard InChI is InChI=1S/C18H32F3N3/c1-5-9-15(23-4)11-13-24-14(3)16(6-2)17(22)10-7-8-12-18(19,20)21/h7-8,13-14,16-17H,5-6,9-12,22H2,1-4H3/b8-7+,23-15?,24-13?/t14-,16+,17-/m0/s1. The van der Waals surface area contributed by atoms with Crippen LogP contribution in [0, 0.1) is 5.92 Å². The van der Waals surface area contributed by atoms with Gasteiger partial charge in [-0.1, -0.05) is 32.4 Å². The number of rotatable bonds is 11. The molecule has 0 saturated carbocycles. The summed E-state index contributed by atoms with van der Waals surface area (Å²) in [6, 6.07) is -0.151.